The van der Waals surface area contributed by atoms with Gasteiger partial charge in [0.05, 0.1) is 0 Å². The monoisotopic (exact) mass is 1360 g/mol. The van der Waals surface area contributed by atoms with Crippen LogP contribution in [0.5, 0.6) is 0 Å². The van der Waals surface area contributed by atoms with E-state index in [-0.39, 0.29) is 0 Å². The van der Waals surface area contributed by atoms with E-state index in [9.17, 15) is 0 Å². The summed E-state index contributed by atoms with van der Waals surface area (Å²) in [5, 5.41) is 0. The average molecular weight is 1360 g/mol. The van der Waals surface area contributed by atoms with Crippen molar-refractivity contribution in [3.63, 3.8) is 0 Å². The molecule has 0 aliphatic rings. The molecule has 0 saturated heterocycles. The molecular formula is C84H174CrO4Si2. The zero-order valence-electron chi connectivity index (χ0n) is 64.2. The van der Waals surface area contributed by atoms with Gasteiger partial charge in [0, 0.05) is 0 Å². The van der Waals surface area contributed by atoms with E-state index in [1.54, 1.807) is 0 Å². The molecule has 0 bridgehead atoms. The predicted octanol–water partition coefficient (Wildman–Crippen LogP) is 32.8. The second kappa shape index (κ2) is 74.7. The van der Waals surface area contributed by atoms with Gasteiger partial charge in [-0.3, -0.25) is 0 Å². The molecule has 0 aromatic carbocycles. The molecule has 0 aromatic heterocycles. The fourth-order valence-corrected chi connectivity index (χ4v) is 30.4. The van der Waals surface area contributed by atoms with Gasteiger partial charge in [-0.15, -0.1) is 0 Å². The number of hydrogen-bond donors (Lipinski definition) is 0. The molecule has 0 rings (SSSR count). The van der Waals surface area contributed by atoms with Crippen LogP contribution in [-0.4, -0.2) is 16.6 Å². The Bertz CT molecular complexity index is 1220. The van der Waals surface area contributed by atoms with Gasteiger partial charge in [0.15, 0.2) is 0 Å². The first kappa shape index (κ1) is 91.5. The van der Waals surface area contributed by atoms with Crippen LogP contribution < -0.4 is 0 Å². The first-order valence-corrected chi connectivity index (χ1v) is 50.6. The third kappa shape index (κ3) is 67.5. The Balaban J connectivity index is 6.76. The standard InChI is InChI=1S/2C42H87OSi.Cr.2O/c2*1-4-7-10-13-16-19-22-25-28-31-34-37-40-44(43,41-38-35-32-29-26-23-20-17-14-11-8-5-2)42-39-36-33-30-27-24-21-18-15-12-9-6-3;;;/h2*4-42H2,1-3H3;;;/q2*-1;+2;;. The van der Waals surface area contributed by atoms with Gasteiger partial charge < -0.3 is 0 Å². The minimum atomic E-state index is -5.22. The van der Waals surface area contributed by atoms with Crippen molar-refractivity contribution in [3.8, 4) is 0 Å². The van der Waals surface area contributed by atoms with E-state index in [2.05, 4.69) is 41.5 Å². The molecule has 548 valence electrons. The Hall–Kier alpha value is 0.486. The summed E-state index contributed by atoms with van der Waals surface area (Å²) >= 11 is -5.22. The molecule has 91 heavy (non-hydrogen) atoms. The Morgan fingerprint density at radius 1 is 0.154 bits per heavy atom. The molecule has 0 aliphatic heterocycles. The van der Waals surface area contributed by atoms with E-state index in [1.165, 1.54) is 424 Å². The molecule has 0 unspecified atom stereocenters. The zero-order valence-corrected chi connectivity index (χ0v) is 67.5. The first-order chi connectivity index (χ1) is 44.8. The van der Waals surface area contributed by atoms with E-state index in [0.29, 0.717) is 0 Å². The Labute approximate surface area is 581 Å². The Morgan fingerprint density at radius 2 is 0.242 bits per heavy atom. The van der Waals surface area contributed by atoms with Crippen LogP contribution in [0.3, 0.4) is 0 Å². The third-order valence-corrected chi connectivity index (χ3v) is 35.4. The molecular weight excluding hydrogens is 1180 g/mol. The van der Waals surface area contributed by atoms with Crippen LogP contribution in [0.25, 0.3) is 0 Å². The number of hydrogen-bond acceptors (Lipinski definition) is 4. The van der Waals surface area contributed by atoms with Crippen molar-refractivity contribution in [2.24, 2.45) is 0 Å². The minimum absolute atomic E-state index is 1.03. The SMILES string of the molecule is CCCCCCCCCCCCCC[Si](CCCCCCCCCCCCCC)(CCCCCCCCCCCCCC)[O][Cr](=[O])(=[O])[O][Si](CCCCCCCCCCCCCC)(CCCCCCCCCCCCCC)CCCCCCCCCCCCCC. The predicted molar refractivity (Wildman–Crippen MR) is 410 cm³/mol. The van der Waals surface area contributed by atoms with Gasteiger partial charge in [-0.1, -0.05) is 157 Å². The zero-order chi connectivity index (χ0) is 66.1. The van der Waals surface area contributed by atoms with Crippen LogP contribution in [0.2, 0.25) is 36.3 Å². The van der Waals surface area contributed by atoms with Crippen molar-refractivity contribution in [1.29, 1.82) is 0 Å². The summed E-state index contributed by atoms with van der Waals surface area (Å²) < 4.78 is 46.0. The maximum absolute atomic E-state index is 15.7. The molecule has 7 heteroatoms. The smallest absolute Gasteiger partial charge is 0.0654 e. The summed E-state index contributed by atoms with van der Waals surface area (Å²) in [6, 6.07) is 6.16. The van der Waals surface area contributed by atoms with Crippen molar-refractivity contribution in [2.75, 3.05) is 0 Å². The molecule has 0 aliphatic carbocycles. The van der Waals surface area contributed by atoms with Crippen molar-refractivity contribution in [2.45, 2.75) is 540 Å². The summed E-state index contributed by atoms with van der Waals surface area (Å²) in [5.74, 6) is 0. The van der Waals surface area contributed by atoms with Gasteiger partial charge in [0.25, 0.3) is 0 Å². The summed E-state index contributed by atoms with van der Waals surface area (Å²) in [7, 11) is -5.38. The molecule has 0 saturated carbocycles. The summed E-state index contributed by atoms with van der Waals surface area (Å²) in [4.78, 5) is 0. The van der Waals surface area contributed by atoms with Crippen molar-refractivity contribution in [3.05, 3.63) is 0 Å². The minimum Gasteiger partial charge on any atom is -0.0654 e. The van der Waals surface area contributed by atoms with Gasteiger partial charge in [0.1, 0.15) is 0 Å². The van der Waals surface area contributed by atoms with Gasteiger partial charge in [-0.2, -0.15) is 0 Å². The van der Waals surface area contributed by atoms with Crippen molar-refractivity contribution in [1.82, 2.24) is 0 Å². The fraction of sp³-hybridized carbons (Fsp3) is 1.00. The van der Waals surface area contributed by atoms with Gasteiger partial charge in [-0.25, -0.2) is 0 Å². The second-order valence-electron chi connectivity index (χ2n) is 30.8. The van der Waals surface area contributed by atoms with Gasteiger partial charge >= 0.3 is 428 Å². The quantitative estimate of drug-likeness (QED) is 0.0450. The van der Waals surface area contributed by atoms with Crippen LogP contribution in [-0.2, 0) is 28.2 Å². The van der Waals surface area contributed by atoms with E-state index in [0.717, 1.165) is 74.8 Å². The molecule has 0 N–H and O–H groups in total. The number of rotatable bonds is 82. The first-order valence-electron chi connectivity index (χ1n) is 43.4. The molecule has 0 spiro atoms. The normalized spacial score (nSPS) is 12.4. The maximum atomic E-state index is 15.7. The van der Waals surface area contributed by atoms with Crippen LogP contribution in [0.1, 0.15) is 504 Å². The molecule has 0 atom stereocenters. The summed E-state index contributed by atoms with van der Waals surface area (Å²) in [5.41, 5.74) is 0. The third-order valence-electron chi connectivity index (χ3n) is 21.5. The van der Waals surface area contributed by atoms with Crippen LogP contribution in [0.15, 0.2) is 0 Å². The van der Waals surface area contributed by atoms with E-state index < -0.39 is 30.2 Å². The van der Waals surface area contributed by atoms with Gasteiger partial charge in [0.2, 0.25) is 0 Å². The van der Waals surface area contributed by atoms with E-state index in [4.69, 9.17) is 6.96 Å². The van der Waals surface area contributed by atoms with E-state index in [1.807, 2.05) is 0 Å². The van der Waals surface area contributed by atoms with Gasteiger partial charge in [-0.05, 0) is 0 Å². The fourth-order valence-electron chi connectivity index (χ4n) is 15.2. The second-order valence-corrected chi connectivity index (χ2v) is 41.7. The molecule has 0 aromatic rings. The van der Waals surface area contributed by atoms with Crippen LogP contribution >= 0.6 is 0 Å². The topological polar surface area (TPSA) is 52.6 Å². The molecule has 0 radical (unpaired) electrons. The molecule has 0 fully saturated rings. The molecule has 0 amide bonds. The number of unbranched alkanes of at least 4 members (excludes halogenated alkanes) is 66. The van der Waals surface area contributed by atoms with Crippen molar-refractivity contribution >= 4 is 16.6 Å². The Kier molecular flexibility index (Phi) is 75.1. The van der Waals surface area contributed by atoms with Crippen molar-refractivity contribution < 1.29 is 28.2 Å². The summed E-state index contributed by atoms with van der Waals surface area (Å²) in [6.45, 7) is 13.9. The molecule has 0 heterocycles. The average Bonchev–Trinajstić information content (AvgIpc) is 3.41. The molecule has 4 nitrogen and oxygen atoms in total. The Morgan fingerprint density at radius 3 is 0.341 bits per heavy atom. The van der Waals surface area contributed by atoms with E-state index >= 15 is 7.61 Å². The van der Waals surface area contributed by atoms with Crippen LogP contribution in [0.4, 0.5) is 0 Å². The summed E-state index contributed by atoms with van der Waals surface area (Å²) in [6.07, 6.45) is 96.6. The van der Waals surface area contributed by atoms with Crippen LogP contribution in [0, 0.1) is 0 Å².